The Kier molecular flexibility index (Phi) is 3.02. The quantitative estimate of drug-likeness (QED) is 0.735. The van der Waals surface area contributed by atoms with E-state index in [0.717, 1.165) is 25.9 Å². The van der Waals surface area contributed by atoms with Gasteiger partial charge in [0.1, 0.15) is 9.92 Å². The minimum Gasteiger partial charge on any atom is -0.240 e. The summed E-state index contributed by atoms with van der Waals surface area (Å²) in [5.41, 5.74) is -0.0125. The Balaban J connectivity index is 2.66. The third-order valence-corrected chi connectivity index (χ3v) is 4.57. The second-order valence-corrected chi connectivity index (χ2v) is 7.07. The Morgan fingerprint density at radius 3 is 2.15 bits per heavy atom. The van der Waals surface area contributed by atoms with E-state index in [0.29, 0.717) is 5.75 Å². The van der Waals surface area contributed by atoms with Crippen LogP contribution >= 0.6 is 0 Å². The van der Waals surface area contributed by atoms with Crippen LogP contribution in [-0.4, -0.2) is 27.4 Å². The van der Waals surface area contributed by atoms with E-state index in [9.17, 15) is 4.21 Å². The van der Waals surface area contributed by atoms with Gasteiger partial charge >= 0.3 is 0 Å². The number of hydrogen-bond acceptors (Lipinski definition) is 2. The van der Waals surface area contributed by atoms with Crippen LogP contribution < -0.4 is 0 Å². The highest BCUT2D eigenvalue weighted by molar-refractivity contribution is 7.90. The molecule has 0 aromatic rings. The second-order valence-electron chi connectivity index (χ2n) is 4.98. The molecule has 3 nitrogen and oxygen atoms in total. The average molecular weight is 204 g/mol. The van der Waals surface area contributed by atoms with Crippen molar-refractivity contribution in [2.24, 2.45) is 5.41 Å². The number of nitrogens with zero attached hydrogens (tertiary/aromatic N) is 1. The molecule has 1 aliphatic heterocycles. The molecule has 0 spiro atoms. The summed E-state index contributed by atoms with van der Waals surface area (Å²) in [5, 5.41) is 0. The summed E-state index contributed by atoms with van der Waals surface area (Å²) in [6.07, 6.45) is 2.19. The van der Waals surface area contributed by atoms with Crippen molar-refractivity contribution >= 4 is 9.92 Å². The van der Waals surface area contributed by atoms with E-state index >= 15 is 0 Å². The molecule has 78 valence electrons. The predicted octanol–water partition coefficient (Wildman–Crippen LogP) is 2.09. The first kappa shape index (κ1) is 11.0. The third-order valence-electron chi connectivity index (χ3n) is 2.11. The predicted molar refractivity (Wildman–Crippen MR) is 56.0 cm³/mol. The van der Waals surface area contributed by atoms with Crippen molar-refractivity contribution in [2.75, 3.05) is 18.8 Å². The molecule has 4 heteroatoms. The molecule has 0 radical (unpaired) electrons. The summed E-state index contributed by atoms with van der Waals surface area (Å²) in [6.45, 7) is 7.81. The molecular formula is C9H20N2OS. The standard InChI is InChI=1S/C9H20N2OS/c1-9(2,3)8-13(10,12)11-6-4-5-7-11/h10H,4-8H2,1-3H3. The van der Waals surface area contributed by atoms with E-state index in [1.165, 1.54) is 0 Å². The summed E-state index contributed by atoms with van der Waals surface area (Å²) >= 11 is 0. The minimum atomic E-state index is -2.48. The van der Waals surface area contributed by atoms with Crippen LogP contribution in [0, 0.1) is 10.2 Å². The fourth-order valence-electron chi connectivity index (χ4n) is 1.66. The molecule has 0 aromatic heterocycles. The van der Waals surface area contributed by atoms with Crippen LogP contribution in [0.4, 0.5) is 0 Å². The van der Waals surface area contributed by atoms with Gasteiger partial charge in [-0.3, -0.25) is 0 Å². The third kappa shape index (κ3) is 3.27. The van der Waals surface area contributed by atoms with Crippen molar-refractivity contribution in [3.8, 4) is 0 Å². The number of hydrogen-bond donors (Lipinski definition) is 1. The molecule has 1 aliphatic rings. The molecule has 1 saturated heterocycles. The Morgan fingerprint density at radius 1 is 1.31 bits per heavy atom. The lowest BCUT2D eigenvalue weighted by atomic mass is 10.0. The van der Waals surface area contributed by atoms with Crippen LogP contribution in [0.25, 0.3) is 0 Å². The smallest absolute Gasteiger partial charge is 0.108 e. The summed E-state index contributed by atoms with van der Waals surface area (Å²) in [7, 11) is -2.48. The molecule has 0 bridgehead atoms. The van der Waals surface area contributed by atoms with E-state index in [2.05, 4.69) is 0 Å². The molecule has 0 aliphatic carbocycles. The zero-order valence-corrected chi connectivity index (χ0v) is 9.62. The Morgan fingerprint density at radius 2 is 1.77 bits per heavy atom. The molecule has 1 heterocycles. The van der Waals surface area contributed by atoms with Crippen molar-refractivity contribution in [2.45, 2.75) is 33.6 Å². The first-order chi connectivity index (χ1) is 5.81. The molecule has 0 amide bonds. The van der Waals surface area contributed by atoms with Crippen molar-refractivity contribution in [1.82, 2.24) is 4.31 Å². The van der Waals surface area contributed by atoms with Gasteiger partial charge in [-0.05, 0) is 18.3 Å². The van der Waals surface area contributed by atoms with Gasteiger partial charge in [-0.25, -0.2) is 13.3 Å². The van der Waals surface area contributed by atoms with E-state index < -0.39 is 9.92 Å². The SMILES string of the molecule is CC(C)(C)CS(=N)(=O)N1CCCC1. The van der Waals surface area contributed by atoms with Gasteiger partial charge in [0.2, 0.25) is 0 Å². The molecule has 1 atom stereocenters. The van der Waals surface area contributed by atoms with Gasteiger partial charge in [0.25, 0.3) is 0 Å². The van der Waals surface area contributed by atoms with Gasteiger partial charge in [0.05, 0.1) is 5.75 Å². The molecule has 1 unspecified atom stereocenters. The maximum Gasteiger partial charge on any atom is 0.108 e. The lowest BCUT2D eigenvalue weighted by Crippen LogP contribution is -2.33. The van der Waals surface area contributed by atoms with Crippen LogP contribution in [0.15, 0.2) is 0 Å². The topological polar surface area (TPSA) is 44.2 Å². The molecular weight excluding hydrogens is 184 g/mol. The first-order valence-electron chi connectivity index (χ1n) is 4.83. The van der Waals surface area contributed by atoms with Crippen LogP contribution in [0.2, 0.25) is 0 Å². The molecule has 1 fully saturated rings. The summed E-state index contributed by atoms with van der Waals surface area (Å²) in [4.78, 5) is 0. The second kappa shape index (κ2) is 3.58. The highest BCUT2D eigenvalue weighted by Crippen LogP contribution is 2.22. The van der Waals surface area contributed by atoms with Crippen LogP contribution in [-0.2, 0) is 9.92 Å². The van der Waals surface area contributed by atoms with Gasteiger partial charge in [0.15, 0.2) is 0 Å². The Bertz CT molecular complexity index is 258. The largest absolute Gasteiger partial charge is 0.240 e. The Labute approximate surface area is 81.6 Å². The maximum absolute atomic E-state index is 12.0. The normalized spacial score (nSPS) is 24.5. The molecule has 13 heavy (non-hydrogen) atoms. The van der Waals surface area contributed by atoms with Crippen LogP contribution in [0.1, 0.15) is 33.6 Å². The Hall–Kier alpha value is -0.0900. The van der Waals surface area contributed by atoms with Crippen LogP contribution in [0.3, 0.4) is 0 Å². The zero-order valence-electron chi connectivity index (χ0n) is 8.80. The molecule has 0 aromatic carbocycles. The van der Waals surface area contributed by atoms with Gasteiger partial charge < -0.3 is 0 Å². The van der Waals surface area contributed by atoms with Gasteiger partial charge in [0, 0.05) is 13.1 Å². The number of nitrogens with one attached hydrogen (secondary N) is 1. The highest BCUT2D eigenvalue weighted by Gasteiger charge is 2.26. The summed E-state index contributed by atoms with van der Waals surface area (Å²) in [6, 6.07) is 0. The number of rotatable bonds is 2. The maximum atomic E-state index is 12.0. The summed E-state index contributed by atoms with van der Waals surface area (Å²) < 4.78 is 21.7. The van der Waals surface area contributed by atoms with E-state index in [1.54, 1.807) is 0 Å². The lowest BCUT2D eigenvalue weighted by molar-refractivity contribution is 0.448. The van der Waals surface area contributed by atoms with Gasteiger partial charge in [-0.15, -0.1) is 0 Å². The van der Waals surface area contributed by atoms with E-state index in [4.69, 9.17) is 4.78 Å². The van der Waals surface area contributed by atoms with Crippen molar-refractivity contribution in [1.29, 1.82) is 4.78 Å². The fraction of sp³-hybridized carbons (Fsp3) is 1.00. The first-order valence-corrected chi connectivity index (χ1v) is 6.51. The van der Waals surface area contributed by atoms with E-state index in [-0.39, 0.29) is 5.41 Å². The lowest BCUT2D eigenvalue weighted by Gasteiger charge is -2.25. The molecule has 1 rings (SSSR count). The van der Waals surface area contributed by atoms with Crippen molar-refractivity contribution < 1.29 is 4.21 Å². The minimum absolute atomic E-state index is 0.0125. The molecule has 0 saturated carbocycles. The van der Waals surface area contributed by atoms with E-state index in [1.807, 2.05) is 25.1 Å². The summed E-state index contributed by atoms with van der Waals surface area (Å²) in [5.74, 6) is 0.486. The molecule has 1 N–H and O–H groups in total. The van der Waals surface area contributed by atoms with Crippen LogP contribution in [0.5, 0.6) is 0 Å². The van der Waals surface area contributed by atoms with Gasteiger partial charge in [-0.1, -0.05) is 20.8 Å². The van der Waals surface area contributed by atoms with Crippen molar-refractivity contribution in [3.63, 3.8) is 0 Å². The average Bonchev–Trinajstić information content (AvgIpc) is 2.29. The zero-order chi connectivity index (χ0) is 10.1. The highest BCUT2D eigenvalue weighted by atomic mass is 32.2. The monoisotopic (exact) mass is 204 g/mol. The van der Waals surface area contributed by atoms with Gasteiger partial charge in [-0.2, -0.15) is 0 Å². The fourth-order valence-corrected chi connectivity index (χ4v) is 3.87. The van der Waals surface area contributed by atoms with Crippen molar-refractivity contribution in [3.05, 3.63) is 0 Å².